The monoisotopic (exact) mass is 233 g/mol. The molecule has 1 N–H and O–H groups in total. The van der Waals surface area contributed by atoms with E-state index in [1.165, 1.54) is 31.4 Å². The van der Waals surface area contributed by atoms with Gasteiger partial charge in [-0.1, -0.05) is 24.3 Å². The Kier molecular flexibility index (Phi) is 2.72. The number of nitrogens with one attached hydrogen (secondary N) is 1. The van der Waals surface area contributed by atoms with Crippen LogP contribution in [0.15, 0.2) is 24.3 Å². The van der Waals surface area contributed by atoms with Crippen LogP contribution in [0.3, 0.4) is 0 Å². The lowest BCUT2D eigenvalue weighted by Crippen LogP contribution is -2.53. The maximum Gasteiger partial charge on any atom is 0.0691 e. The molecule has 1 aromatic rings. The first-order chi connectivity index (χ1) is 7.77. The van der Waals surface area contributed by atoms with Gasteiger partial charge >= 0.3 is 0 Å². The zero-order chi connectivity index (χ0) is 11.0. The molecule has 1 saturated heterocycles. The molecule has 1 aliphatic heterocycles. The van der Waals surface area contributed by atoms with Crippen LogP contribution in [0.25, 0.3) is 0 Å². The number of benzene rings is 1. The molecule has 0 radical (unpaired) electrons. The van der Waals surface area contributed by atoms with Gasteiger partial charge in [0.05, 0.1) is 4.87 Å². The van der Waals surface area contributed by atoms with Gasteiger partial charge in [0.15, 0.2) is 0 Å². The van der Waals surface area contributed by atoms with E-state index >= 15 is 0 Å². The van der Waals surface area contributed by atoms with E-state index in [0.29, 0.717) is 10.9 Å². The Morgan fingerprint density at radius 2 is 2.12 bits per heavy atom. The lowest BCUT2D eigenvalue weighted by molar-refractivity contribution is 0.353. The molecule has 1 nitrogen and oxygen atoms in total. The van der Waals surface area contributed by atoms with Crippen LogP contribution in [0, 0.1) is 0 Å². The molecule has 1 aliphatic carbocycles. The summed E-state index contributed by atoms with van der Waals surface area (Å²) in [5, 5.41) is 3.84. The highest BCUT2D eigenvalue weighted by atomic mass is 32.2. The van der Waals surface area contributed by atoms with Crippen molar-refractivity contribution in [1.82, 2.24) is 5.32 Å². The molecular formula is C14H19NS. The van der Waals surface area contributed by atoms with Crippen molar-refractivity contribution in [2.24, 2.45) is 0 Å². The van der Waals surface area contributed by atoms with E-state index in [0.717, 1.165) is 0 Å². The predicted molar refractivity (Wildman–Crippen MR) is 70.9 cm³/mol. The maximum atomic E-state index is 3.84. The minimum Gasteiger partial charge on any atom is -0.300 e. The summed E-state index contributed by atoms with van der Waals surface area (Å²) in [4.78, 5) is 0.339. The molecule has 3 rings (SSSR count). The Bertz CT molecular complexity index is 390. The van der Waals surface area contributed by atoms with Crippen molar-refractivity contribution in [3.8, 4) is 0 Å². The Balaban J connectivity index is 1.86. The van der Waals surface area contributed by atoms with Gasteiger partial charge in [-0.15, -0.1) is 11.8 Å². The number of hydrogen-bond donors (Lipinski definition) is 1. The van der Waals surface area contributed by atoms with Gasteiger partial charge in [0.25, 0.3) is 0 Å². The molecular weight excluding hydrogens is 214 g/mol. The largest absolute Gasteiger partial charge is 0.300 e. The van der Waals surface area contributed by atoms with Crippen LogP contribution in [0.1, 0.15) is 30.9 Å². The molecule has 0 bridgehead atoms. The second-order valence-corrected chi connectivity index (χ2v) is 6.60. The summed E-state index contributed by atoms with van der Waals surface area (Å²) in [6.45, 7) is 2.32. The number of aryl methyl sites for hydroxylation is 1. The van der Waals surface area contributed by atoms with E-state index in [1.807, 2.05) is 0 Å². The number of hydrogen-bond acceptors (Lipinski definition) is 2. The lowest BCUT2D eigenvalue weighted by atomic mass is 9.87. The van der Waals surface area contributed by atoms with Gasteiger partial charge in [0.2, 0.25) is 0 Å². The lowest BCUT2D eigenvalue weighted by Gasteiger charge is -2.44. The molecule has 1 fully saturated rings. The summed E-state index contributed by atoms with van der Waals surface area (Å²) in [7, 11) is 0. The minimum absolute atomic E-state index is 0.339. The number of fused-ring (bicyclic) bond motifs is 1. The Morgan fingerprint density at radius 3 is 2.94 bits per heavy atom. The van der Waals surface area contributed by atoms with Crippen molar-refractivity contribution < 1.29 is 0 Å². The third-order valence-corrected chi connectivity index (χ3v) is 5.29. The van der Waals surface area contributed by atoms with Crippen molar-refractivity contribution in [3.63, 3.8) is 0 Å². The molecule has 0 saturated carbocycles. The van der Waals surface area contributed by atoms with Crippen LogP contribution in [0.4, 0.5) is 0 Å². The zero-order valence-electron chi connectivity index (χ0n) is 9.83. The smallest absolute Gasteiger partial charge is 0.0691 e. The van der Waals surface area contributed by atoms with Crippen molar-refractivity contribution >= 4 is 11.8 Å². The first-order valence-corrected chi connectivity index (χ1v) is 7.24. The quantitative estimate of drug-likeness (QED) is 0.739. The molecule has 2 heteroatoms. The van der Waals surface area contributed by atoms with E-state index in [4.69, 9.17) is 0 Å². The summed E-state index contributed by atoms with van der Waals surface area (Å²) >= 11 is 2.14. The fourth-order valence-corrected chi connectivity index (χ4v) is 4.60. The van der Waals surface area contributed by atoms with Gasteiger partial charge in [0.1, 0.15) is 0 Å². The predicted octanol–water partition coefficient (Wildman–Crippen LogP) is 2.99. The van der Waals surface area contributed by atoms with Crippen molar-refractivity contribution in [2.75, 3.05) is 5.75 Å². The van der Waals surface area contributed by atoms with Crippen molar-refractivity contribution in [2.45, 2.75) is 43.5 Å². The highest BCUT2D eigenvalue weighted by molar-refractivity contribution is 8.00. The summed E-state index contributed by atoms with van der Waals surface area (Å²) < 4.78 is 0. The molecule has 1 heterocycles. The van der Waals surface area contributed by atoms with Crippen LogP contribution in [-0.2, 0) is 12.8 Å². The summed E-state index contributed by atoms with van der Waals surface area (Å²) in [5.41, 5.74) is 3.12. The van der Waals surface area contributed by atoms with Crippen molar-refractivity contribution in [1.29, 1.82) is 0 Å². The summed E-state index contributed by atoms with van der Waals surface area (Å²) in [5.74, 6) is 1.32. The van der Waals surface area contributed by atoms with Gasteiger partial charge in [-0.2, -0.15) is 0 Å². The summed E-state index contributed by atoms with van der Waals surface area (Å²) in [6.07, 6.45) is 5.05. The van der Waals surface area contributed by atoms with Gasteiger partial charge in [-0.05, 0) is 43.1 Å². The topological polar surface area (TPSA) is 12.0 Å². The first kappa shape index (κ1) is 10.7. The standard InChI is InChI=1S/C14H19NS/c1-11-7-9-16-14(15-11)8-6-12-4-2-3-5-13(12)10-14/h2-5,11,15H,6-10H2,1H3. The minimum atomic E-state index is 0.339. The molecule has 0 aromatic heterocycles. The third kappa shape index (κ3) is 1.89. The molecule has 0 amide bonds. The second-order valence-electron chi connectivity index (χ2n) is 5.12. The van der Waals surface area contributed by atoms with Crippen LogP contribution in [0.2, 0.25) is 0 Å². The summed E-state index contributed by atoms with van der Waals surface area (Å²) in [6, 6.07) is 9.62. The average molecular weight is 233 g/mol. The molecule has 1 aromatic carbocycles. The van der Waals surface area contributed by atoms with Crippen molar-refractivity contribution in [3.05, 3.63) is 35.4 Å². The van der Waals surface area contributed by atoms with E-state index in [9.17, 15) is 0 Å². The number of thioether (sulfide) groups is 1. The third-order valence-electron chi connectivity index (χ3n) is 3.83. The number of rotatable bonds is 0. The molecule has 86 valence electrons. The maximum absolute atomic E-state index is 3.84. The second kappa shape index (κ2) is 4.08. The van der Waals surface area contributed by atoms with E-state index in [-0.39, 0.29) is 0 Å². The first-order valence-electron chi connectivity index (χ1n) is 6.26. The van der Waals surface area contributed by atoms with Crippen LogP contribution >= 0.6 is 11.8 Å². The van der Waals surface area contributed by atoms with Crippen LogP contribution in [-0.4, -0.2) is 16.7 Å². The highest BCUT2D eigenvalue weighted by Crippen LogP contribution is 2.40. The van der Waals surface area contributed by atoms with Gasteiger partial charge in [0, 0.05) is 12.5 Å². The Labute approximate surface area is 102 Å². The average Bonchev–Trinajstić information content (AvgIpc) is 2.28. The van der Waals surface area contributed by atoms with E-state index in [1.54, 1.807) is 11.1 Å². The highest BCUT2D eigenvalue weighted by Gasteiger charge is 2.37. The van der Waals surface area contributed by atoms with Crippen LogP contribution < -0.4 is 5.32 Å². The fraction of sp³-hybridized carbons (Fsp3) is 0.571. The van der Waals surface area contributed by atoms with Gasteiger partial charge < -0.3 is 0 Å². The van der Waals surface area contributed by atoms with E-state index in [2.05, 4.69) is 48.3 Å². The van der Waals surface area contributed by atoms with Crippen LogP contribution in [0.5, 0.6) is 0 Å². The Hall–Kier alpha value is -0.470. The SMILES string of the molecule is CC1CCSC2(CCc3ccccc3C2)N1. The van der Waals surface area contributed by atoms with E-state index < -0.39 is 0 Å². The van der Waals surface area contributed by atoms with Gasteiger partial charge in [-0.3, -0.25) is 5.32 Å². The Morgan fingerprint density at radius 1 is 1.31 bits per heavy atom. The molecule has 16 heavy (non-hydrogen) atoms. The zero-order valence-corrected chi connectivity index (χ0v) is 10.6. The molecule has 2 unspecified atom stereocenters. The molecule has 1 spiro atoms. The molecule has 2 atom stereocenters. The fourth-order valence-electron chi connectivity index (χ4n) is 2.95. The normalized spacial score (nSPS) is 33.7. The molecule has 2 aliphatic rings. The van der Waals surface area contributed by atoms with Gasteiger partial charge in [-0.25, -0.2) is 0 Å².